The lowest BCUT2D eigenvalue weighted by molar-refractivity contribution is -0.141. The summed E-state index contributed by atoms with van der Waals surface area (Å²) in [7, 11) is 0. The summed E-state index contributed by atoms with van der Waals surface area (Å²) in [4.78, 5) is 23.3. The van der Waals surface area contributed by atoms with Crippen molar-refractivity contribution in [1.82, 2.24) is 4.90 Å². The van der Waals surface area contributed by atoms with E-state index in [1.807, 2.05) is 0 Å². The van der Waals surface area contributed by atoms with Crippen LogP contribution >= 0.6 is 0 Å². The van der Waals surface area contributed by atoms with Crippen LogP contribution in [-0.4, -0.2) is 46.2 Å². The van der Waals surface area contributed by atoms with Gasteiger partial charge in [-0.25, -0.2) is 0 Å². The molecule has 80 valence electrons. The molecule has 0 aromatic carbocycles. The third kappa shape index (κ3) is 2.70. The number of nitrogens with zero attached hydrogens (tertiary/aromatic N) is 1. The summed E-state index contributed by atoms with van der Waals surface area (Å²) >= 11 is 0. The molecule has 0 aromatic heterocycles. The Morgan fingerprint density at radius 2 is 2.07 bits per heavy atom. The van der Waals surface area contributed by atoms with Crippen LogP contribution in [0.3, 0.4) is 0 Å². The average Bonchev–Trinajstić information content (AvgIpc) is 2.61. The van der Waals surface area contributed by atoms with Crippen molar-refractivity contribution in [2.75, 3.05) is 13.2 Å². The van der Waals surface area contributed by atoms with Gasteiger partial charge in [0.05, 0.1) is 19.1 Å². The molecule has 1 aliphatic heterocycles. The molecule has 1 heterocycles. The average molecular weight is 201 g/mol. The fraction of sp³-hybridized carbons (Fsp3) is 0.778. The summed E-state index contributed by atoms with van der Waals surface area (Å²) in [6, 6.07) is -0.101. The van der Waals surface area contributed by atoms with Crippen molar-refractivity contribution in [2.24, 2.45) is 0 Å². The van der Waals surface area contributed by atoms with E-state index in [1.54, 1.807) is 4.90 Å². The zero-order valence-electron chi connectivity index (χ0n) is 7.98. The van der Waals surface area contributed by atoms with Crippen molar-refractivity contribution in [3.8, 4) is 0 Å². The number of hydrogen-bond donors (Lipinski definition) is 2. The van der Waals surface area contributed by atoms with E-state index >= 15 is 0 Å². The highest BCUT2D eigenvalue weighted by Crippen LogP contribution is 2.17. The van der Waals surface area contributed by atoms with Gasteiger partial charge >= 0.3 is 5.97 Å². The molecule has 1 saturated heterocycles. The van der Waals surface area contributed by atoms with Gasteiger partial charge in [-0.1, -0.05) is 0 Å². The first kappa shape index (κ1) is 11.0. The summed E-state index contributed by atoms with van der Waals surface area (Å²) in [5.41, 5.74) is 0. The minimum atomic E-state index is -0.960. The Bertz CT molecular complexity index is 229. The molecule has 0 bridgehead atoms. The van der Waals surface area contributed by atoms with E-state index in [0.717, 1.165) is 12.8 Å². The Kier molecular flexibility index (Phi) is 3.88. The van der Waals surface area contributed by atoms with Gasteiger partial charge in [0.1, 0.15) is 0 Å². The second-order valence-electron chi connectivity index (χ2n) is 3.46. The lowest BCUT2D eigenvalue weighted by Crippen LogP contribution is -2.37. The summed E-state index contributed by atoms with van der Waals surface area (Å²) in [6.45, 7) is 0.614. The predicted molar refractivity (Wildman–Crippen MR) is 48.7 cm³/mol. The Hall–Kier alpha value is -1.10. The standard InChI is InChI=1S/C9H15NO4/c11-6-7-2-1-5-10(7)8(12)3-4-9(13)14/h7,11H,1-6H2,(H,13,14). The maximum Gasteiger partial charge on any atom is 0.303 e. The molecular weight excluding hydrogens is 186 g/mol. The molecule has 0 aromatic rings. The SMILES string of the molecule is O=C(O)CCC(=O)N1CCCC1CO. The van der Waals surface area contributed by atoms with Crippen molar-refractivity contribution >= 4 is 11.9 Å². The summed E-state index contributed by atoms with van der Waals surface area (Å²) < 4.78 is 0. The summed E-state index contributed by atoms with van der Waals surface area (Å²) in [6.07, 6.45) is 1.61. The molecule has 1 rings (SSSR count). The van der Waals surface area contributed by atoms with E-state index in [0.29, 0.717) is 6.54 Å². The van der Waals surface area contributed by atoms with Crippen molar-refractivity contribution in [2.45, 2.75) is 31.7 Å². The van der Waals surface area contributed by atoms with Gasteiger partial charge in [-0.15, -0.1) is 0 Å². The molecule has 2 N–H and O–H groups in total. The second-order valence-corrected chi connectivity index (χ2v) is 3.46. The highest BCUT2D eigenvalue weighted by molar-refractivity contribution is 5.81. The summed E-state index contributed by atoms with van der Waals surface area (Å²) in [5, 5.41) is 17.4. The molecule has 1 atom stereocenters. The zero-order valence-corrected chi connectivity index (χ0v) is 7.98. The number of amides is 1. The fourth-order valence-electron chi connectivity index (χ4n) is 1.71. The van der Waals surface area contributed by atoms with Crippen LogP contribution in [0.2, 0.25) is 0 Å². The number of aliphatic hydroxyl groups is 1. The van der Waals surface area contributed by atoms with Gasteiger partial charge in [0.15, 0.2) is 0 Å². The van der Waals surface area contributed by atoms with Crippen LogP contribution in [0.5, 0.6) is 0 Å². The van der Waals surface area contributed by atoms with E-state index in [4.69, 9.17) is 10.2 Å². The van der Waals surface area contributed by atoms with Crippen LogP contribution in [0, 0.1) is 0 Å². The Morgan fingerprint density at radius 1 is 1.36 bits per heavy atom. The first-order chi connectivity index (χ1) is 6.65. The Balaban J connectivity index is 2.39. The lowest BCUT2D eigenvalue weighted by Gasteiger charge is -2.22. The Labute approximate surface area is 82.3 Å². The zero-order chi connectivity index (χ0) is 10.6. The predicted octanol–water partition coefficient (Wildman–Crippen LogP) is -0.166. The van der Waals surface area contributed by atoms with Crippen LogP contribution < -0.4 is 0 Å². The highest BCUT2D eigenvalue weighted by Gasteiger charge is 2.27. The van der Waals surface area contributed by atoms with E-state index in [1.165, 1.54) is 0 Å². The number of rotatable bonds is 4. The third-order valence-electron chi connectivity index (χ3n) is 2.46. The van der Waals surface area contributed by atoms with Crippen LogP contribution in [0.1, 0.15) is 25.7 Å². The molecule has 0 radical (unpaired) electrons. The van der Waals surface area contributed by atoms with Gasteiger partial charge in [0, 0.05) is 13.0 Å². The van der Waals surface area contributed by atoms with Gasteiger partial charge in [-0.3, -0.25) is 9.59 Å². The van der Waals surface area contributed by atoms with Crippen molar-refractivity contribution in [1.29, 1.82) is 0 Å². The fourth-order valence-corrected chi connectivity index (χ4v) is 1.71. The molecule has 0 saturated carbocycles. The minimum absolute atomic E-state index is 0.0290. The third-order valence-corrected chi connectivity index (χ3v) is 2.46. The summed E-state index contributed by atoms with van der Waals surface area (Å²) in [5.74, 6) is -1.12. The number of aliphatic hydroxyl groups excluding tert-OH is 1. The van der Waals surface area contributed by atoms with Crippen molar-refractivity contribution < 1.29 is 19.8 Å². The molecule has 14 heavy (non-hydrogen) atoms. The van der Waals surface area contributed by atoms with Gasteiger partial charge < -0.3 is 15.1 Å². The van der Waals surface area contributed by atoms with Gasteiger partial charge in [0.2, 0.25) is 5.91 Å². The first-order valence-electron chi connectivity index (χ1n) is 4.77. The number of carboxylic acids is 1. The van der Waals surface area contributed by atoms with Gasteiger partial charge in [0.25, 0.3) is 0 Å². The molecular formula is C9H15NO4. The lowest BCUT2D eigenvalue weighted by atomic mass is 10.2. The van der Waals surface area contributed by atoms with Crippen molar-refractivity contribution in [3.63, 3.8) is 0 Å². The first-order valence-corrected chi connectivity index (χ1v) is 4.77. The van der Waals surface area contributed by atoms with Crippen molar-refractivity contribution in [3.05, 3.63) is 0 Å². The smallest absolute Gasteiger partial charge is 0.303 e. The van der Waals surface area contributed by atoms with Crippen LogP contribution in [0.4, 0.5) is 0 Å². The maximum absolute atomic E-state index is 11.5. The number of carboxylic acid groups (broad SMARTS) is 1. The van der Waals surface area contributed by atoms with E-state index < -0.39 is 5.97 Å². The quantitative estimate of drug-likeness (QED) is 0.662. The molecule has 1 aliphatic rings. The molecule has 5 heteroatoms. The number of hydrogen-bond acceptors (Lipinski definition) is 3. The molecule has 1 amide bonds. The molecule has 0 aliphatic carbocycles. The Morgan fingerprint density at radius 3 is 2.64 bits per heavy atom. The number of likely N-dealkylation sites (tertiary alicyclic amines) is 1. The highest BCUT2D eigenvalue weighted by atomic mass is 16.4. The van der Waals surface area contributed by atoms with Crippen LogP contribution in [0.25, 0.3) is 0 Å². The minimum Gasteiger partial charge on any atom is -0.481 e. The number of carbonyl (C=O) groups excluding carboxylic acids is 1. The maximum atomic E-state index is 11.5. The van der Waals surface area contributed by atoms with Crippen LogP contribution in [-0.2, 0) is 9.59 Å². The second kappa shape index (κ2) is 4.95. The van der Waals surface area contributed by atoms with E-state index in [2.05, 4.69) is 0 Å². The molecule has 1 unspecified atom stereocenters. The topological polar surface area (TPSA) is 77.8 Å². The normalized spacial score (nSPS) is 21.2. The largest absolute Gasteiger partial charge is 0.481 e. The molecule has 0 spiro atoms. The molecule has 1 fully saturated rings. The molecule has 5 nitrogen and oxygen atoms in total. The number of aliphatic carboxylic acids is 1. The van der Waals surface area contributed by atoms with E-state index in [9.17, 15) is 9.59 Å². The monoisotopic (exact) mass is 201 g/mol. The van der Waals surface area contributed by atoms with Crippen LogP contribution in [0.15, 0.2) is 0 Å². The number of carbonyl (C=O) groups is 2. The van der Waals surface area contributed by atoms with E-state index in [-0.39, 0.29) is 31.4 Å². The van der Waals surface area contributed by atoms with Gasteiger partial charge in [-0.05, 0) is 12.8 Å². The van der Waals surface area contributed by atoms with Gasteiger partial charge in [-0.2, -0.15) is 0 Å².